The zero-order chi connectivity index (χ0) is 28.7. The molecule has 0 radical (unpaired) electrons. The number of ether oxygens (including phenoxy) is 2. The van der Waals surface area contributed by atoms with Crippen LogP contribution >= 0.6 is 39.1 Å². The van der Waals surface area contributed by atoms with E-state index < -0.39 is 29.9 Å². The Bertz CT molecular complexity index is 1620. The van der Waals surface area contributed by atoms with Gasteiger partial charge in [-0.1, -0.05) is 87.7 Å². The number of carbonyl (C=O) groups excluding carboxylic acids is 2. The van der Waals surface area contributed by atoms with E-state index in [2.05, 4.69) is 15.9 Å². The van der Waals surface area contributed by atoms with E-state index in [1.54, 1.807) is 24.3 Å². The number of para-hydroxylation sites is 1. The molecule has 208 valence electrons. The van der Waals surface area contributed by atoms with E-state index in [9.17, 15) is 9.59 Å². The maximum Gasteiger partial charge on any atom is 0.266 e. The lowest BCUT2D eigenvalue weighted by Crippen LogP contribution is -2.37. The van der Waals surface area contributed by atoms with Gasteiger partial charge in [-0.25, -0.2) is 9.96 Å². The number of halogens is 3. The standard InChI is InChI=1S/C31H23BrCl2N2O5/c1-39-25-15-21(22(32)16-26(25)40-17-18-8-4-2-5-9-18)28-27-29(41-36(28)19-10-6-3-7-11-19)31(38)35(30(27)37)20-12-13-23(33)24(34)14-20/h2-16,27-29H,17H2,1H3/t27-,28+,29+/m1/s1. The predicted molar refractivity (Wildman–Crippen MR) is 160 cm³/mol. The van der Waals surface area contributed by atoms with Gasteiger partial charge in [0, 0.05) is 4.47 Å². The molecule has 0 aromatic heterocycles. The monoisotopic (exact) mass is 652 g/mol. The highest BCUT2D eigenvalue weighted by Crippen LogP contribution is 2.51. The SMILES string of the molecule is COc1cc([C@H]2[C@H]3C(=O)N(c4ccc(Cl)c(Cl)c4)C(=O)[C@H]3ON2c2ccccc2)c(Br)cc1OCc1ccccc1. The summed E-state index contributed by atoms with van der Waals surface area (Å²) in [7, 11) is 1.56. The first-order valence-electron chi connectivity index (χ1n) is 12.8. The molecule has 3 atom stereocenters. The van der Waals surface area contributed by atoms with E-state index >= 15 is 0 Å². The van der Waals surface area contributed by atoms with Gasteiger partial charge in [0.1, 0.15) is 12.5 Å². The highest BCUT2D eigenvalue weighted by molar-refractivity contribution is 9.10. The molecule has 7 nitrogen and oxygen atoms in total. The van der Waals surface area contributed by atoms with Crippen LogP contribution in [0.1, 0.15) is 17.2 Å². The van der Waals surface area contributed by atoms with Crippen LogP contribution in [-0.2, 0) is 21.0 Å². The molecular formula is C31H23BrCl2N2O5. The molecule has 0 aliphatic carbocycles. The summed E-state index contributed by atoms with van der Waals surface area (Å²) in [6.45, 7) is 0.349. The number of hydrogen-bond donors (Lipinski definition) is 0. The second kappa shape index (κ2) is 11.4. The lowest BCUT2D eigenvalue weighted by molar-refractivity contribution is -0.126. The number of methoxy groups -OCH3 is 1. The number of anilines is 2. The molecule has 6 rings (SSSR count). The fourth-order valence-electron chi connectivity index (χ4n) is 5.19. The van der Waals surface area contributed by atoms with Crippen molar-refractivity contribution in [2.24, 2.45) is 5.92 Å². The van der Waals surface area contributed by atoms with Gasteiger partial charge in [0.05, 0.1) is 34.6 Å². The van der Waals surface area contributed by atoms with Crippen LogP contribution in [0.15, 0.2) is 95.5 Å². The molecular weight excluding hydrogens is 631 g/mol. The number of rotatable bonds is 7. The van der Waals surface area contributed by atoms with Crippen molar-refractivity contribution >= 4 is 62.3 Å². The number of nitrogens with zero attached hydrogens (tertiary/aromatic N) is 2. The molecule has 2 aliphatic heterocycles. The van der Waals surface area contributed by atoms with Gasteiger partial charge in [-0.2, -0.15) is 0 Å². The van der Waals surface area contributed by atoms with Crippen molar-refractivity contribution in [3.8, 4) is 11.5 Å². The van der Waals surface area contributed by atoms with Crippen LogP contribution in [0.5, 0.6) is 11.5 Å². The first-order chi connectivity index (χ1) is 19.9. The maximum atomic E-state index is 14.0. The lowest BCUT2D eigenvalue weighted by atomic mass is 9.90. The third-order valence-electron chi connectivity index (χ3n) is 7.13. The van der Waals surface area contributed by atoms with E-state index in [0.29, 0.717) is 44.5 Å². The summed E-state index contributed by atoms with van der Waals surface area (Å²) >= 11 is 16.0. The summed E-state index contributed by atoms with van der Waals surface area (Å²) in [5.74, 6) is -0.729. The fourth-order valence-corrected chi connectivity index (χ4v) is 6.04. The van der Waals surface area contributed by atoms with E-state index in [-0.39, 0.29) is 5.02 Å². The smallest absolute Gasteiger partial charge is 0.266 e. The molecule has 4 aromatic carbocycles. The van der Waals surface area contributed by atoms with Crippen molar-refractivity contribution < 1.29 is 23.9 Å². The average Bonchev–Trinajstić information content (AvgIpc) is 3.50. The van der Waals surface area contributed by atoms with E-state index in [0.717, 1.165) is 10.5 Å². The van der Waals surface area contributed by atoms with Crippen LogP contribution in [-0.4, -0.2) is 25.0 Å². The number of benzene rings is 4. The molecule has 10 heteroatoms. The maximum absolute atomic E-state index is 14.0. The zero-order valence-corrected chi connectivity index (χ0v) is 24.8. The topological polar surface area (TPSA) is 68.3 Å². The second-order valence-corrected chi connectivity index (χ2v) is 11.2. The molecule has 2 aliphatic rings. The summed E-state index contributed by atoms with van der Waals surface area (Å²) in [4.78, 5) is 35.0. The van der Waals surface area contributed by atoms with Crippen molar-refractivity contribution in [3.63, 3.8) is 0 Å². The Kier molecular flexibility index (Phi) is 7.66. The van der Waals surface area contributed by atoms with Crippen molar-refractivity contribution in [1.82, 2.24) is 0 Å². The van der Waals surface area contributed by atoms with E-state index in [1.807, 2.05) is 72.8 Å². The molecule has 2 fully saturated rings. The number of amides is 2. The summed E-state index contributed by atoms with van der Waals surface area (Å²) in [5, 5.41) is 2.19. The second-order valence-electron chi connectivity index (χ2n) is 9.57. The molecule has 0 spiro atoms. The summed E-state index contributed by atoms with van der Waals surface area (Å²) in [6.07, 6.45) is -1.05. The Labute approximate surface area is 255 Å². The summed E-state index contributed by atoms with van der Waals surface area (Å²) in [5.41, 5.74) is 2.74. The summed E-state index contributed by atoms with van der Waals surface area (Å²) < 4.78 is 12.5. The Morgan fingerprint density at radius 3 is 2.22 bits per heavy atom. The number of hydroxylamine groups is 1. The molecule has 2 amide bonds. The van der Waals surface area contributed by atoms with Crippen molar-refractivity contribution in [1.29, 1.82) is 0 Å². The van der Waals surface area contributed by atoms with Gasteiger partial charge in [0.15, 0.2) is 17.6 Å². The van der Waals surface area contributed by atoms with Gasteiger partial charge < -0.3 is 9.47 Å². The molecule has 0 saturated carbocycles. The van der Waals surface area contributed by atoms with E-state index in [1.165, 1.54) is 6.07 Å². The van der Waals surface area contributed by atoms with Crippen LogP contribution in [0.2, 0.25) is 10.0 Å². The van der Waals surface area contributed by atoms with E-state index in [4.69, 9.17) is 37.5 Å². The third-order valence-corrected chi connectivity index (χ3v) is 8.55. The molecule has 2 saturated heterocycles. The van der Waals surface area contributed by atoms with Crippen molar-refractivity contribution in [2.45, 2.75) is 18.8 Å². The lowest BCUT2D eigenvalue weighted by Gasteiger charge is -2.30. The third kappa shape index (κ3) is 5.06. The molecule has 41 heavy (non-hydrogen) atoms. The number of imide groups is 1. The molecule has 0 unspecified atom stereocenters. The fraction of sp³-hybridized carbons (Fsp3) is 0.161. The van der Waals surface area contributed by atoms with Crippen LogP contribution in [0.25, 0.3) is 0 Å². The zero-order valence-electron chi connectivity index (χ0n) is 21.7. The molecule has 2 heterocycles. The van der Waals surface area contributed by atoms with Crippen molar-refractivity contribution in [3.05, 3.63) is 117 Å². The highest BCUT2D eigenvalue weighted by Gasteiger charge is 2.60. The van der Waals surface area contributed by atoms with Crippen LogP contribution < -0.4 is 19.4 Å². The van der Waals surface area contributed by atoms with Gasteiger partial charge in [-0.05, 0) is 53.6 Å². The van der Waals surface area contributed by atoms with Gasteiger partial charge in [0.2, 0.25) is 5.91 Å². The van der Waals surface area contributed by atoms with Crippen molar-refractivity contribution in [2.75, 3.05) is 17.1 Å². The predicted octanol–water partition coefficient (Wildman–Crippen LogP) is 7.39. The normalized spacial score (nSPS) is 20.0. The first-order valence-corrected chi connectivity index (χ1v) is 14.3. The minimum Gasteiger partial charge on any atom is -0.493 e. The van der Waals surface area contributed by atoms with Crippen LogP contribution in [0, 0.1) is 5.92 Å². The van der Waals surface area contributed by atoms with Gasteiger partial charge in [0.25, 0.3) is 5.91 Å². The first kappa shape index (κ1) is 27.6. The number of fused-ring (bicyclic) bond motifs is 1. The minimum atomic E-state index is -1.05. The Balaban J connectivity index is 1.40. The average molecular weight is 654 g/mol. The van der Waals surface area contributed by atoms with Gasteiger partial charge >= 0.3 is 0 Å². The largest absolute Gasteiger partial charge is 0.493 e. The quantitative estimate of drug-likeness (QED) is 0.194. The Morgan fingerprint density at radius 2 is 1.54 bits per heavy atom. The molecule has 0 N–H and O–H groups in total. The molecule has 4 aromatic rings. The number of hydrogen-bond acceptors (Lipinski definition) is 6. The Morgan fingerprint density at radius 1 is 0.829 bits per heavy atom. The minimum absolute atomic E-state index is 0.240. The number of carbonyl (C=O) groups is 2. The van der Waals surface area contributed by atoms with Crippen LogP contribution in [0.3, 0.4) is 0 Å². The highest BCUT2D eigenvalue weighted by atomic mass is 79.9. The molecule has 0 bridgehead atoms. The Hall–Kier alpha value is -3.56. The summed E-state index contributed by atoms with van der Waals surface area (Å²) in [6, 6.07) is 26.8. The van der Waals surface area contributed by atoms with Gasteiger partial charge in [-0.15, -0.1) is 0 Å². The van der Waals surface area contributed by atoms with Crippen LogP contribution in [0.4, 0.5) is 11.4 Å². The van der Waals surface area contributed by atoms with Gasteiger partial charge in [-0.3, -0.25) is 14.4 Å².